The number of amides is 4. The molecule has 0 spiro atoms. The molecule has 13 nitrogen and oxygen atoms in total. The zero-order valence-corrected chi connectivity index (χ0v) is 15.6. The molecule has 0 fully saturated rings. The number of thiol groups is 1. The van der Waals surface area contributed by atoms with Crippen LogP contribution in [0.25, 0.3) is 0 Å². The van der Waals surface area contributed by atoms with Crippen LogP contribution in [0.15, 0.2) is 0 Å². The van der Waals surface area contributed by atoms with Gasteiger partial charge in [-0.05, 0) is 6.42 Å². The van der Waals surface area contributed by atoms with Crippen LogP contribution in [-0.2, 0) is 28.8 Å². The Hall–Kier alpha value is -2.87. The lowest BCUT2D eigenvalue weighted by atomic mass is 10.1. The van der Waals surface area contributed by atoms with Gasteiger partial charge in [-0.1, -0.05) is 0 Å². The predicted octanol–water partition coefficient (Wildman–Crippen LogP) is -3.85. The Bertz CT molecular complexity index is 629. The molecule has 0 radical (unpaired) electrons. The molecule has 0 aromatic heterocycles. The van der Waals surface area contributed by atoms with Crippen molar-refractivity contribution in [1.82, 2.24) is 16.0 Å². The molecule has 0 heterocycles. The van der Waals surface area contributed by atoms with E-state index in [1.165, 1.54) is 0 Å². The summed E-state index contributed by atoms with van der Waals surface area (Å²) >= 11 is 3.89. The smallest absolute Gasteiger partial charge is 0.326 e. The van der Waals surface area contributed by atoms with Crippen molar-refractivity contribution in [2.24, 2.45) is 11.5 Å². The van der Waals surface area contributed by atoms with E-state index in [2.05, 4.69) is 28.6 Å². The van der Waals surface area contributed by atoms with Gasteiger partial charge in [0.2, 0.25) is 23.6 Å². The minimum absolute atomic E-state index is 0.171. The maximum atomic E-state index is 12.0. The number of hydrogen-bond donors (Lipinski definition) is 8. The highest BCUT2D eigenvalue weighted by Crippen LogP contribution is 1.98. The quantitative estimate of drug-likeness (QED) is 0.136. The van der Waals surface area contributed by atoms with Gasteiger partial charge >= 0.3 is 11.9 Å². The maximum absolute atomic E-state index is 12.0. The molecule has 0 aliphatic rings. The van der Waals surface area contributed by atoms with Gasteiger partial charge in [-0.15, -0.1) is 0 Å². The third-order valence-electron chi connectivity index (χ3n) is 3.28. The summed E-state index contributed by atoms with van der Waals surface area (Å²) < 4.78 is 0. The number of carbonyl (C=O) groups excluding carboxylic acids is 4. The molecule has 0 rings (SSSR count). The molecular weight excluding hydrogens is 398 g/mol. The molecule has 0 bridgehead atoms. The van der Waals surface area contributed by atoms with E-state index in [-0.39, 0.29) is 18.6 Å². The van der Waals surface area contributed by atoms with Gasteiger partial charge in [-0.3, -0.25) is 24.0 Å². The normalized spacial score (nSPS) is 13.5. The first kappa shape index (κ1) is 25.1. The minimum Gasteiger partial charge on any atom is -0.481 e. The average molecular weight is 421 g/mol. The Labute approximate surface area is 165 Å². The third-order valence-corrected chi connectivity index (χ3v) is 3.65. The fraction of sp³-hybridized carbons (Fsp3) is 0.571. The summed E-state index contributed by atoms with van der Waals surface area (Å²) in [6, 6.07) is -3.95. The SMILES string of the molecule is NC(=O)CCC(NC(=O)CNC(=O)C(CS)NC(=O)C(N)CC(=O)O)C(=O)O. The molecule has 0 saturated heterocycles. The summed E-state index contributed by atoms with van der Waals surface area (Å²) in [7, 11) is 0. The number of carboxylic acids is 2. The average Bonchev–Trinajstić information content (AvgIpc) is 2.59. The van der Waals surface area contributed by atoms with Gasteiger partial charge in [-0.2, -0.15) is 12.6 Å². The molecule has 158 valence electrons. The van der Waals surface area contributed by atoms with Gasteiger partial charge < -0.3 is 37.6 Å². The minimum atomic E-state index is -1.38. The third kappa shape index (κ3) is 10.3. The monoisotopic (exact) mass is 421 g/mol. The second kappa shape index (κ2) is 12.5. The number of nitrogens with one attached hydrogen (secondary N) is 3. The van der Waals surface area contributed by atoms with Gasteiger partial charge in [-0.25, -0.2) is 4.79 Å². The van der Waals surface area contributed by atoms with Gasteiger partial charge in [0.15, 0.2) is 0 Å². The van der Waals surface area contributed by atoms with Crippen molar-refractivity contribution in [2.75, 3.05) is 12.3 Å². The van der Waals surface area contributed by atoms with E-state index in [4.69, 9.17) is 21.7 Å². The van der Waals surface area contributed by atoms with Gasteiger partial charge in [0, 0.05) is 12.2 Å². The predicted molar refractivity (Wildman–Crippen MR) is 97.0 cm³/mol. The summed E-state index contributed by atoms with van der Waals surface area (Å²) in [6.07, 6.45) is -1.12. The largest absolute Gasteiger partial charge is 0.481 e. The Morgan fingerprint density at radius 2 is 1.57 bits per heavy atom. The van der Waals surface area contributed by atoms with Gasteiger partial charge in [0.1, 0.15) is 12.1 Å². The van der Waals surface area contributed by atoms with E-state index in [9.17, 15) is 28.8 Å². The first-order chi connectivity index (χ1) is 13.0. The number of nitrogens with two attached hydrogens (primary N) is 2. The fourth-order valence-electron chi connectivity index (χ4n) is 1.83. The highest BCUT2D eigenvalue weighted by molar-refractivity contribution is 7.80. The second-order valence-electron chi connectivity index (χ2n) is 5.63. The van der Waals surface area contributed by atoms with Crippen molar-refractivity contribution >= 4 is 48.2 Å². The van der Waals surface area contributed by atoms with Crippen LogP contribution < -0.4 is 27.4 Å². The first-order valence-electron chi connectivity index (χ1n) is 7.94. The lowest BCUT2D eigenvalue weighted by Gasteiger charge is -2.19. The molecule has 3 atom stereocenters. The van der Waals surface area contributed by atoms with Crippen molar-refractivity contribution in [1.29, 1.82) is 0 Å². The van der Waals surface area contributed by atoms with Crippen LogP contribution in [-0.4, -0.2) is 76.2 Å². The zero-order valence-electron chi connectivity index (χ0n) is 14.7. The summed E-state index contributed by atoms with van der Waals surface area (Å²) in [5, 5.41) is 24.1. The molecule has 28 heavy (non-hydrogen) atoms. The van der Waals surface area contributed by atoms with Crippen LogP contribution in [0.4, 0.5) is 0 Å². The van der Waals surface area contributed by atoms with E-state index in [1.54, 1.807) is 0 Å². The van der Waals surface area contributed by atoms with Crippen LogP contribution in [0, 0.1) is 0 Å². The van der Waals surface area contributed by atoms with Crippen LogP contribution in [0.5, 0.6) is 0 Å². The lowest BCUT2D eigenvalue weighted by molar-refractivity contribution is -0.142. The number of carboxylic acid groups (broad SMARTS) is 2. The van der Waals surface area contributed by atoms with Crippen molar-refractivity contribution in [3.63, 3.8) is 0 Å². The number of rotatable bonds is 13. The summed E-state index contributed by atoms with van der Waals surface area (Å²) in [4.78, 5) is 67.8. The van der Waals surface area contributed by atoms with E-state index in [0.29, 0.717) is 0 Å². The maximum Gasteiger partial charge on any atom is 0.326 e. The van der Waals surface area contributed by atoms with E-state index >= 15 is 0 Å². The van der Waals surface area contributed by atoms with Crippen molar-refractivity contribution in [3.8, 4) is 0 Å². The highest BCUT2D eigenvalue weighted by Gasteiger charge is 2.25. The summed E-state index contributed by atoms with van der Waals surface area (Å²) in [5.74, 6) is -6.14. The number of aliphatic carboxylic acids is 2. The van der Waals surface area contributed by atoms with E-state index in [0.717, 1.165) is 0 Å². The first-order valence-corrected chi connectivity index (χ1v) is 8.57. The molecule has 0 saturated carbocycles. The number of carbonyl (C=O) groups is 6. The zero-order chi connectivity index (χ0) is 21.9. The Morgan fingerprint density at radius 1 is 0.964 bits per heavy atom. The van der Waals surface area contributed by atoms with Crippen molar-refractivity contribution in [2.45, 2.75) is 37.4 Å². The lowest BCUT2D eigenvalue weighted by Crippen LogP contribution is -2.54. The van der Waals surface area contributed by atoms with Crippen LogP contribution in [0.2, 0.25) is 0 Å². The second-order valence-corrected chi connectivity index (χ2v) is 5.99. The Kier molecular flexibility index (Phi) is 11.2. The van der Waals surface area contributed by atoms with Crippen molar-refractivity contribution in [3.05, 3.63) is 0 Å². The summed E-state index contributed by atoms with van der Waals surface area (Å²) in [5.41, 5.74) is 10.3. The molecule has 4 amide bonds. The van der Waals surface area contributed by atoms with Crippen LogP contribution in [0.3, 0.4) is 0 Å². The van der Waals surface area contributed by atoms with Crippen LogP contribution in [0.1, 0.15) is 19.3 Å². The van der Waals surface area contributed by atoms with E-state index in [1.807, 2.05) is 0 Å². The topological polar surface area (TPSA) is 231 Å². The molecule has 0 aliphatic heterocycles. The molecule has 0 aliphatic carbocycles. The summed E-state index contributed by atoms with van der Waals surface area (Å²) in [6.45, 7) is -0.611. The highest BCUT2D eigenvalue weighted by atomic mass is 32.1. The standard InChI is InChI=1S/C14H23N5O8S/c15-6(3-11(22)23)12(24)19-8(5-28)13(25)17-4-10(21)18-7(14(26)27)1-2-9(16)20/h6-8,28H,1-5,15H2,(H2,16,20)(H,17,25)(H,18,21)(H,19,24)(H,22,23)(H,26,27). The Balaban J connectivity index is 4.59. The number of hydrogen-bond acceptors (Lipinski definition) is 8. The number of primary amides is 1. The van der Waals surface area contributed by atoms with Gasteiger partial charge in [0.05, 0.1) is 19.0 Å². The molecule has 0 aromatic carbocycles. The molecular formula is C14H23N5O8S. The fourth-order valence-corrected chi connectivity index (χ4v) is 2.09. The van der Waals surface area contributed by atoms with E-state index < -0.39 is 66.7 Å². The van der Waals surface area contributed by atoms with Gasteiger partial charge in [0.25, 0.3) is 0 Å². The molecule has 3 unspecified atom stereocenters. The van der Waals surface area contributed by atoms with Crippen LogP contribution >= 0.6 is 12.6 Å². The Morgan fingerprint density at radius 3 is 2.04 bits per heavy atom. The molecule has 14 heteroatoms. The molecule has 9 N–H and O–H groups in total. The molecule has 0 aromatic rings. The van der Waals surface area contributed by atoms with Crippen molar-refractivity contribution < 1.29 is 39.0 Å².